The van der Waals surface area contributed by atoms with Gasteiger partial charge in [-0.25, -0.2) is 4.79 Å². The Labute approximate surface area is 177 Å². The summed E-state index contributed by atoms with van der Waals surface area (Å²) in [5.74, 6) is -1.60. The molecule has 0 bridgehead atoms. The van der Waals surface area contributed by atoms with Crippen LogP contribution in [-0.2, 0) is 14.3 Å². The maximum atomic E-state index is 12.8. The highest BCUT2D eigenvalue weighted by Gasteiger charge is 2.44. The molecule has 2 aliphatic rings. The molecule has 1 saturated carbocycles. The molecule has 1 N–H and O–H groups in total. The molecule has 4 atom stereocenters. The van der Waals surface area contributed by atoms with Crippen molar-refractivity contribution in [2.45, 2.75) is 59.0 Å². The van der Waals surface area contributed by atoms with E-state index in [1.54, 1.807) is 38.1 Å². The molecule has 1 aromatic rings. The molecule has 0 unspecified atom stereocenters. The molecule has 1 aliphatic carbocycles. The number of imide groups is 1. The standard InChI is InChI=1S/C23H30N2O5/c1-13(2)20(25-21(27)16-9-5-6-10-17(16)22(25)28)23(29)30-12-19(26)24-18-11-7-8-14(3)15(18)4/h5-6,9-10,13-15,18,20H,7-8,11-12H2,1-4H3,(H,24,26)/t14-,15+,18-,20-/m0/s1. The van der Waals surface area contributed by atoms with Crippen LogP contribution < -0.4 is 5.32 Å². The van der Waals surface area contributed by atoms with Crippen molar-refractivity contribution >= 4 is 23.7 Å². The summed E-state index contributed by atoms with van der Waals surface area (Å²) in [6, 6.07) is 5.47. The number of rotatable bonds is 6. The zero-order valence-electron chi connectivity index (χ0n) is 18.0. The van der Waals surface area contributed by atoms with Crippen molar-refractivity contribution in [1.82, 2.24) is 10.2 Å². The molecule has 1 aromatic carbocycles. The second-order valence-electron chi connectivity index (χ2n) is 8.76. The van der Waals surface area contributed by atoms with E-state index in [0.29, 0.717) is 11.8 Å². The number of ether oxygens (including phenoxy) is 1. The summed E-state index contributed by atoms with van der Waals surface area (Å²) in [7, 11) is 0. The molecule has 3 rings (SSSR count). The van der Waals surface area contributed by atoms with Crippen LogP contribution in [0.3, 0.4) is 0 Å². The predicted octanol–water partition coefficient (Wildman–Crippen LogP) is 2.79. The molecule has 0 spiro atoms. The normalized spacial score (nSPS) is 24.6. The first-order valence-corrected chi connectivity index (χ1v) is 10.6. The van der Waals surface area contributed by atoms with Crippen LogP contribution in [0.15, 0.2) is 24.3 Å². The van der Waals surface area contributed by atoms with Crippen molar-refractivity contribution in [3.63, 3.8) is 0 Å². The Balaban J connectivity index is 1.63. The molecule has 0 saturated heterocycles. The summed E-state index contributed by atoms with van der Waals surface area (Å²) in [4.78, 5) is 51.6. The van der Waals surface area contributed by atoms with Gasteiger partial charge in [-0.2, -0.15) is 0 Å². The summed E-state index contributed by atoms with van der Waals surface area (Å²) < 4.78 is 5.24. The van der Waals surface area contributed by atoms with Crippen molar-refractivity contribution in [2.75, 3.05) is 6.61 Å². The summed E-state index contributed by atoms with van der Waals surface area (Å²) >= 11 is 0. The summed E-state index contributed by atoms with van der Waals surface area (Å²) in [6.07, 6.45) is 3.12. The van der Waals surface area contributed by atoms with Crippen LogP contribution in [0.4, 0.5) is 0 Å². The predicted molar refractivity (Wildman–Crippen MR) is 111 cm³/mol. The van der Waals surface area contributed by atoms with Gasteiger partial charge in [-0.1, -0.05) is 52.7 Å². The molecule has 3 amide bonds. The van der Waals surface area contributed by atoms with E-state index in [1.807, 2.05) is 0 Å². The largest absolute Gasteiger partial charge is 0.454 e. The van der Waals surface area contributed by atoms with Crippen molar-refractivity contribution < 1.29 is 23.9 Å². The van der Waals surface area contributed by atoms with Crippen LogP contribution >= 0.6 is 0 Å². The Morgan fingerprint density at radius 1 is 1.10 bits per heavy atom. The number of esters is 1. The Bertz CT molecular complexity index is 815. The topological polar surface area (TPSA) is 92.8 Å². The van der Waals surface area contributed by atoms with Crippen LogP contribution in [0, 0.1) is 17.8 Å². The minimum atomic E-state index is -1.08. The second-order valence-corrected chi connectivity index (χ2v) is 8.76. The quantitative estimate of drug-likeness (QED) is 0.571. The number of carbonyl (C=O) groups excluding carboxylic acids is 4. The number of amides is 3. The van der Waals surface area contributed by atoms with Gasteiger partial charge in [0, 0.05) is 6.04 Å². The van der Waals surface area contributed by atoms with Crippen LogP contribution in [0.5, 0.6) is 0 Å². The van der Waals surface area contributed by atoms with E-state index in [2.05, 4.69) is 19.2 Å². The molecule has 1 heterocycles. The monoisotopic (exact) mass is 414 g/mol. The van der Waals surface area contributed by atoms with E-state index in [9.17, 15) is 19.2 Å². The van der Waals surface area contributed by atoms with Gasteiger partial charge in [-0.3, -0.25) is 19.3 Å². The maximum absolute atomic E-state index is 12.8. The Hall–Kier alpha value is -2.70. The highest BCUT2D eigenvalue weighted by atomic mass is 16.5. The molecule has 162 valence electrons. The number of nitrogens with one attached hydrogen (secondary N) is 1. The number of nitrogens with zero attached hydrogens (tertiary/aromatic N) is 1. The lowest BCUT2D eigenvalue weighted by Crippen LogP contribution is -2.50. The highest BCUT2D eigenvalue weighted by molar-refractivity contribution is 6.22. The Kier molecular flexibility index (Phi) is 6.58. The number of hydrogen-bond donors (Lipinski definition) is 1. The van der Waals surface area contributed by atoms with Gasteiger partial charge in [-0.05, 0) is 36.3 Å². The van der Waals surface area contributed by atoms with E-state index in [4.69, 9.17) is 4.74 Å². The van der Waals surface area contributed by atoms with E-state index in [0.717, 1.165) is 24.2 Å². The van der Waals surface area contributed by atoms with Gasteiger partial charge < -0.3 is 10.1 Å². The number of hydrogen-bond acceptors (Lipinski definition) is 5. The van der Waals surface area contributed by atoms with Crippen LogP contribution in [0.2, 0.25) is 0 Å². The summed E-state index contributed by atoms with van der Waals surface area (Å²) in [5.41, 5.74) is 0.554. The molecule has 0 aromatic heterocycles. The molecule has 30 heavy (non-hydrogen) atoms. The Morgan fingerprint density at radius 3 is 2.27 bits per heavy atom. The summed E-state index contributed by atoms with van der Waals surface area (Å²) in [6.45, 7) is 7.35. The van der Waals surface area contributed by atoms with Gasteiger partial charge in [0.05, 0.1) is 11.1 Å². The second kappa shape index (κ2) is 8.98. The number of carbonyl (C=O) groups is 4. The molecule has 7 heteroatoms. The fourth-order valence-corrected chi connectivity index (χ4v) is 4.39. The van der Waals surface area contributed by atoms with Crippen molar-refractivity contribution in [3.05, 3.63) is 35.4 Å². The van der Waals surface area contributed by atoms with Crippen LogP contribution in [0.25, 0.3) is 0 Å². The van der Waals surface area contributed by atoms with Crippen molar-refractivity contribution in [1.29, 1.82) is 0 Å². The van der Waals surface area contributed by atoms with Gasteiger partial charge in [0.25, 0.3) is 17.7 Å². The zero-order valence-corrected chi connectivity index (χ0v) is 18.0. The van der Waals surface area contributed by atoms with E-state index in [1.165, 1.54) is 0 Å². The van der Waals surface area contributed by atoms with Crippen molar-refractivity contribution in [3.8, 4) is 0 Å². The number of benzene rings is 1. The first-order valence-electron chi connectivity index (χ1n) is 10.6. The Morgan fingerprint density at radius 2 is 1.70 bits per heavy atom. The smallest absolute Gasteiger partial charge is 0.330 e. The summed E-state index contributed by atoms with van der Waals surface area (Å²) in [5, 5.41) is 2.96. The molecule has 1 aliphatic heterocycles. The molecule has 1 fully saturated rings. The van der Waals surface area contributed by atoms with Crippen LogP contribution in [0.1, 0.15) is 67.7 Å². The van der Waals surface area contributed by atoms with Gasteiger partial charge >= 0.3 is 5.97 Å². The van der Waals surface area contributed by atoms with Gasteiger partial charge in [-0.15, -0.1) is 0 Å². The third-order valence-corrected chi connectivity index (χ3v) is 6.38. The molecular formula is C23H30N2O5. The maximum Gasteiger partial charge on any atom is 0.330 e. The minimum absolute atomic E-state index is 0.0667. The fourth-order valence-electron chi connectivity index (χ4n) is 4.39. The average molecular weight is 415 g/mol. The van der Waals surface area contributed by atoms with Crippen molar-refractivity contribution in [2.24, 2.45) is 17.8 Å². The first kappa shape index (κ1) is 22.0. The van der Waals surface area contributed by atoms with E-state index in [-0.39, 0.29) is 29.0 Å². The molecular weight excluding hydrogens is 384 g/mol. The van der Waals surface area contributed by atoms with E-state index < -0.39 is 30.4 Å². The van der Waals surface area contributed by atoms with E-state index >= 15 is 0 Å². The number of fused-ring (bicyclic) bond motifs is 1. The minimum Gasteiger partial charge on any atom is -0.454 e. The lowest BCUT2D eigenvalue weighted by atomic mass is 9.78. The van der Waals surface area contributed by atoms with Gasteiger partial charge in [0.15, 0.2) is 6.61 Å². The fraction of sp³-hybridized carbons (Fsp3) is 0.565. The van der Waals surface area contributed by atoms with Gasteiger partial charge in [0.1, 0.15) is 6.04 Å². The average Bonchev–Trinajstić information content (AvgIpc) is 2.95. The zero-order chi connectivity index (χ0) is 22.0. The SMILES string of the molecule is CC(C)[C@@H](C(=O)OCC(=O)N[C@H]1CCC[C@H](C)[C@H]1C)N1C(=O)c2ccccc2C1=O. The molecule has 7 nitrogen and oxygen atoms in total. The molecule has 0 radical (unpaired) electrons. The van der Waals surface area contributed by atoms with Gasteiger partial charge in [0.2, 0.25) is 0 Å². The lowest BCUT2D eigenvalue weighted by Gasteiger charge is -2.34. The third-order valence-electron chi connectivity index (χ3n) is 6.38. The highest BCUT2D eigenvalue weighted by Crippen LogP contribution is 2.30. The van der Waals surface area contributed by atoms with Crippen LogP contribution in [-0.4, -0.2) is 47.3 Å². The first-order chi connectivity index (χ1) is 14.2. The third kappa shape index (κ3) is 4.25. The lowest BCUT2D eigenvalue weighted by molar-refractivity contribution is -0.154.